The number of Topliss-reactive ketones (excluding diaryl/α,β-unsaturated/α-hetero) is 1. The number of ketones is 1. The Morgan fingerprint density at radius 3 is 2.59 bits per heavy atom. The minimum atomic E-state index is -0.597. The summed E-state index contributed by atoms with van der Waals surface area (Å²) in [5.74, 6) is -0.790. The van der Waals surface area contributed by atoms with Crippen molar-refractivity contribution in [3.8, 4) is 0 Å². The van der Waals surface area contributed by atoms with Gasteiger partial charge in [-0.15, -0.1) is 0 Å². The van der Waals surface area contributed by atoms with Gasteiger partial charge < -0.3 is 4.90 Å². The molecule has 0 aromatic heterocycles. The molecule has 1 aliphatic carbocycles. The first-order valence-electron chi connectivity index (χ1n) is 6.83. The van der Waals surface area contributed by atoms with E-state index in [1.165, 1.54) is 23.1 Å². The van der Waals surface area contributed by atoms with Crippen molar-refractivity contribution in [3.05, 3.63) is 70.0 Å². The number of likely N-dealkylation sites (N-methyl/N-ethyl adjacent to an activating group) is 1. The monoisotopic (exact) mass is 317 g/mol. The molecule has 0 spiro atoms. The summed E-state index contributed by atoms with van der Waals surface area (Å²) < 4.78 is 13.3. The molecule has 0 saturated heterocycles. The van der Waals surface area contributed by atoms with Gasteiger partial charge in [0, 0.05) is 29.6 Å². The van der Waals surface area contributed by atoms with Crippen LogP contribution in [0.15, 0.2) is 42.5 Å². The average molecular weight is 318 g/mol. The van der Waals surface area contributed by atoms with Crippen molar-refractivity contribution in [1.82, 2.24) is 4.90 Å². The molecule has 22 heavy (non-hydrogen) atoms. The number of hydrogen-bond donors (Lipinski definition) is 0. The zero-order valence-corrected chi connectivity index (χ0v) is 12.6. The number of nitrogens with zero attached hydrogens (tertiary/aromatic N) is 1. The second-order valence-corrected chi connectivity index (χ2v) is 5.75. The largest absolute Gasteiger partial charge is 0.331 e. The Bertz CT molecular complexity index is 758. The zero-order valence-electron chi connectivity index (χ0n) is 11.8. The summed E-state index contributed by atoms with van der Waals surface area (Å²) in [6.45, 7) is 0. The molecule has 0 N–H and O–H groups in total. The second-order valence-electron chi connectivity index (χ2n) is 5.31. The van der Waals surface area contributed by atoms with Crippen molar-refractivity contribution >= 4 is 23.3 Å². The molecular formula is C17H13ClFNO2. The van der Waals surface area contributed by atoms with Crippen molar-refractivity contribution in [3.63, 3.8) is 0 Å². The van der Waals surface area contributed by atoms with Crippen LogP contribution < -0.4 is 0 Å². The van der Waals surface area contributed by atoms with E-state index in [4.69, 9.17) is 11.6 Å². The van der Waals surface area contributed by atoms with Crippen LogP contribution in [0.4, 0.5) is 4.39 Å². The Kier molecular flexibility index (Phi) is 3.71. The average Bonchev–Trinajstić information content (AvgIpc) is 2.83. The number of halogens is 2. The summed E-state index contributed by atoms with van der Waals surface area (Å²) in [7, 11) is 1.59. The highest BCUT2D eigenvalue weighted by Gasteiger charge is 2.35. The summed E-state index contributed by atoms with van der Waals surface area (Å²) in [6, 6.07) is 9.99. The number of hydrogen-bond acceptors (Lipinski definition) is 2. The fourth-order valence-corrected chi connectivity index (χ4v) is 2.83. The van der Waals surface area contributed by atoms with Crippen molar-refractivity contribution in [1.29, 1.82) is 0 Å². The quantitative estimate of drug-likeness (QED) is 0.851. The van der Waals surface area contributed by atoms with Crippen molar-refractivity contribution < 1.29 is 14.0 Å². The molecular weight excluding hydrogens is 305 g/mol. The number of fused-ring (bicyclic) bond motifs is 1. The lowest BCUT2D eigenvalue weighted by Gasteiger charge is -2.23. The van der Waals surface area contributed by atoms with E-state index in [1.54, 1.807) is 31.3 Å². The van der Waals surface area contributed by atoms with Gasteiger partial charge in [-0.25, -0.2) is 4.39 Å². The number of carbonyl (C=O) groups excluding carboxylic acids is 2. The van der Waals surface area contributed by atoms with Crippen LogP contribution in [0.3, 0.4) is 0 Å². The molecule has 0 saturated carbocycles. The molecule has 5 heteroatoms. The smallest absolute Gasteiger partial charge is 0.254 e. The minimum absolute atomic E-state index is 0.153. The second kappa shape index (κ2) is 5.54. The van der Waals surface area contributed by atoms with Crippen LogP contribution in [-0.4, -0.2) is 29.7 Å². The van der Waals surface area contributed by atoms with Crippen molar-refractivity contribution in [2.24, 2.45) is 0 Å². The van der Waals surface area contributed by atoms with Gasteiger partial charge in [0.05, 0.1) is 6.04 Å². The normalized spacial score (nSPS) is 16.5. The first-order chi connectivity index (χ1) is 10.5. The topological polar surface area (TPSA) is 37.4 Å². The van der Waals surface area contributed by atoms with Crippen LogP contribution in [-0.2, 0) is 6.42 Å². The lowest BCUT2D eigenvalue weighted by molar-refractivity contribution is 0.0672. The number of carbonyl (C=O) groups is 2. The maximum absolute atomic E-state index is 13.3. The third kappa shape index (κ3) is 2.50. The molecule has 0 bridgehead atoms. The third-order valence-electron chi connectivity index (χ3n) is 3.93. The summed E-state index contributed by atoms with van der Waals surface area (Å²) in [5.41, 5.74) is 1.59. The summed E-state index contributed by atoms with van der Waals surface area (Å²) in [5, 5.41) is 0.541. The zero-order chi connectivity index (χ0) is 15.9. The highest BCUT2D eigenvalue weighted by molar-refractivity contribution is 6.30. The van der Waals surface area contributed by atoms with Gasteiger partial charge >= 0.3 is 0 Å². The molecule has 0 fully saturated rings. The molecule has 1 aliphatic rings. The fraction of sp³-hybridized carbons (Fsp3) is 0.176. The summed E-state index contributed by atoms with van der Waals surface area (Å²) in [6.07, 6.45) is 0.335. The van der Waals surface area contributed by atoms with E-state index in [1.807, 2.05) is 0 Å². The van der Waals surface area contributed by atoms with Gasteiger partial charge in [0.15, 0.2) is 5.78 Å². The van der Waals surface area contributed by atoms with E-state index < -0.39 is 6.04 Å². The van der Waals surface area contributed by atoms with Crippen LogP contribution in [0.2, 0.25) is 5.02 Å². The number of rotatable bonds is 2. The van der Waals surface area contributed by atoms with E-state index >= 15 is 0 Å². The predicted molar refractivity (Wildman–Crippen MR) is 81.8 cm³/mol. The Hall–Kier alpha value is -2.20. The van der Waals surface area contributed by atoms with Gasteiger partial charge in [-0.3, -0.25) is 9.59 Å². The van der Waals surface area contributed by atoms with Crippen molar-refractivity contribution in [2.75, 3.05) is 7.05 Å². The molecule has 0 heterocycles. The molecule has 112 valence electrons. The Labute approximate surface area is 132 Å². The molecule has 3 rings (SSSR count). The molecule has 2 aromatic carbocycles. The van der Waals surface area contributed by atoms with Gasteiger partial charge in [-0.05, 0) is 48.0 Å². The van der Waals surface area contributed by atoms with E-state index in [-0.39, 0.29) is 17.5 Å². The molecule has 1 amide bonds. The van der Waals surface area contributed by atoms with E-state index in [0.29, 0.717) is 28.1 Å². The summed E-state index contributed by atoms with van der Waals surface area (Å²) in [4.78, 5) is 26.3. The highest BCUT2D eigenvalue weighted by atomic mass is 35.5. The minimum Gasteiger partial charge on any atom is -0.331 e. The first kappa shape index (κ1) is 14.7. The lowest BCUT2D eigenvalue weighted by Crippen LogP contribution is -2.40. The van der Waals surface area contributed by atoms with E-state index in [9.17, 15) is 14.0 Å². The lowest BCUT2D eigenvalue weighted by atomic mass is 10.1. The predicted octanol–water partition coefficient (Wildman–Crippen LogP) is 3.36. The molecule has 1 unspecified atom stereocenters. The maximum Gasteiger partial charge on any atom is 0.254 e. The van der Waals surface area contributed by atoms with Gasteiger partial charge in [0.1, 0.15) is 5.82 Å². The Morgan fingerprint density at radius 1 is 1.23 bits per heavy atom. The highest BCUT2D eigenvalue weighted by Crippen LogP contribution is 2.26. The van der Waals surface area contributed by atoms with Gasteiger partial charge in [0.2, 0.25) is 0 Å². The first-order valence-corrected chi connectivity index (χ1v) is 7.20. The Morgan fingerprint density at radius 2 is 1.91 bits per heavy atom. The van der Waals surface area contributed by atoms with Crippen LogP contribution >= 0.6 is 11.6 Å². The van der Waals surface area contributed by atoms with E-state index in [2.05, 4.69) is 0 Å². The van der Waals surface area contributed by atoms with Crippen LogP contribution in [0.5, 0.6) is 0 Å². The third-order valence-corrected chi connectivity index (χ3v) is 4.18. The van der Waals surface area contributed by atoms with Crippen molar-refractivity contribution in [2.45, 2.75) is 12.5 Å². The van der Waals surface area contributed by atoms with Crippen LogP contribution in [0.1, 0.15) is 26.3 Å². The summed E-state index contributed by atoms with van der Waals surface area (Å²) >= 11 is 5.81. The number of benzene rings is 2. The molecule has 0 aliphatic heterocycles. The fourth-order valence-electron chi connectivity index (χ4n) is 2.70. The van der Waals surface area contributed by atoms with Gasteiger partial charge in [0.25, 0.3) is 5.91 Å². The maximum atomic E-state index is 13.3. The number of amides is 1. The molecule has 3 nitrogen and oxygen atoms in total. The van der Waals surface area contributed by atoms with Gasteiger partial charge in [-0.1, -0.05) is 11.6 Å². The molecule has 0 radical (unpaired) electrons. The Balaban J connectivity index is 1.84. The SMILES string of the molecule is CN(C(=O)c1ccc(Cl)cc1)C1Cc2cc(F)ccc2C1=O. The van der Waals surface area contributed by atoms with Crippen LogP contribution in [0.25, 0.3) is 0 Å². The molecule has 1 atom stereocenters. The van der Waals surface area contributed by atoms with E-state index in [0.717, 1.165) is 0 Å². The molecule has 2 aromatic rings. The van der Waals surface area contributed by atoms with Crippen LogP contribution in [0, 0.1) is 5.82 Å². The standard InChI is InChI=1S/C17H13ClFNO2/c1-20(17(22)10-2-4-12(18)5-3-10)15-9-11-8-13(19)6-7-14(11)16(15)21/h2-8,15H,9H2,1H3. The van der Waals surface area contributed by atoms with Gasteiger partial charge in [-0.2, -0.15) is 0 Å².